The van der Waals surface area contributed by atoms with Crippen molar-refractivity contribution in [2.24, 2.45) is 5.92 Å². The number of hydrogen-bond donors (Lipinski definition) is 0. The molecule has 0 saturated carbocycles. The minimum Gasteiger partial charge on any atom is -0.466 e. The standard InChI is InChI=1S/C10H15NO3/c1-8-7-11(5-3-9(8)12)6-4-10(13)14-2/h4,6,8H,3,5,7H2,1-2H3/b6-4+. The summed E-state index contributed by atoms with van der Waals surface area (Å²) in [5, 5.41) is 0. The summed E-state index contributed by atoms with van der Waals surface area (Å²) in [5.74, 6) is -0.00619. The fourth-order valence-corrected chi connectivity index (χ4v) is 1.41. The molecule has 78 valence electrons. The number of piperidine rings is 1. The van der Waals surface area contributed by atoms with Gasteiger partial charge in [-0.2, -0.15) is 0 Å². The number of Topliss-reactive ketones (excluding diaryl/α,β-unsaturated/α-hetero) is 1. The number of nitrogens with zero attached hydrogens (tertiary/aromatic N) is 1. The smallest absolute Gasteiger partial charge is 0.331 e. The third kappa shape index (κ3) is 2.87. The molecule has 1 aliphatic heterocycles. The maximum absolute atomic E-state index is 11.2. The summed E-state index contributed by atoms with van der Waals surface area (Å²) in [6.07, 6.45) is 3.63. The van der Waals surface area contributed by atoms with Crippen LogP contribution in [-0.4, -0.2) is 36.9 Å². The van der Waals surface area contributed by atoms with Gasteiger partial charge in [-0.3, -0.25) is 4.79 Å². The van der Waals surface area contributed by atoms with E-state index in [2.05, 4.69) is 4.74 Å². The van der Waals surface area contributed by atoms with Gasteiger partial charge < -0.3 is 9.64 Å². The van der Waals surface area contributed by atoms with Crippen molar-refractivity contribution < 1.29 is 14.3 Å². The summed E-state index contributed by atoms with van der Waals surface area (Å²) in [6.45, 7) is 3.28. The van der Waals surface area contributed by atoms with E-state index in [1.165, 1.54) is 13.2 Å². The Labute approximate surface area is 83.5 Å². The molecule has 0 aromatic heterocycles. The molecule has 0 radical (unpaired) electrons. The van der Waals surface area contributed by atoms with E-state index in [1.54, 1.807) is 6.20 Å². The van der Waals surface area contributed by atoms with Crippen molar-refractivity contribution in [3.8, 4) is 0 Å². The van der Waals surface area contributed by atoms with E-state index < -0.39 is 0 Å². The second-order valence-electron chi connectivity index (χ2n) is 3.45. The monoisotopic (exact) mass is 197 g/mol. The van der Waals surface area contributed by atoms with Crippen molar-refractivity contribution in [2.45, 2.75) is 13.3 Å². The van der Waals surface area contributed by atoms with Gasteiger partial charge in [-0.15, -0.1) is 0 Å². The van der Waals surface area contributed by atoms with Crippen LogP contribution in [0.4, 0.5) is 0 Å². The average molecular weight is 197 g/mol. The largest absolute Gasteiger partial charge is 0.466 e. The molecule has 14 heavy (non-hydrogen) atoms. The Hall–Kier alpha value is -1.32. The first-order chi connectivity index (χ1) is 6.63. The highest BCUT2D eigenvalue weighted by Gasteiger charge is 2.21. The molecule has 0 N–H and O–H groups in total. The van der Waals surface area contributed by atoms with Crippen LogP contribution in [0, 0.1) is 5.92 Å². The van der Waals surface area contributed by atoms with Gasteiger partial charge in [0.25, 0.3) is 0 Å². The molecule has 4 heteroatoms. The van der Waals surface area contributed by atoms with Gasteiger partial charge >= 0.3 is 5.97 Å². The van der Waals surface area contributed by atoms with E-state index in [0.717, 1.165) is 0 Å². The van der Waals surface area contributed by atoms with Crippen molar-refractivity contribution in [2.75, 3.05) is 20.2 Å². The number of likely N-dealkylation sites (tertiary alicyclic amines) is 1. The SMILES string of the molecule is COC(=O)/C=C/N1CCC(=O)C(C)C1. The summed E-state index contributed by atoms with van der Waals surface area (Å²) in [6, 6.07) is 0. The van der Waals surface area contributed by atoms with Gasteiger partial charge in [0, 0.05) is 37.7 Å². The van der Waals surface area contributed by atoms with Crippen LogP contribution >= 0.6 is 0 Å². The van der Waals surface area contributed by atoms with Crippen LogP contribution in [0.1, 0.15) is 13.3 Å². The molecular weight excluding hydrogens is 182 g/mol. The van der Waals surface area contributed by atoms with Gasteiger partial charge in [-0.1, -0.05) is 6.92 Å². The average Bonchev–Trinajstić information content (AvgIpc) is 2.19. The van der Waals surface area contributed by atoms with Crippen molar-refractivity contribution in [3.63, 3.8) is 0 Å². The maximum atomic E-state index is 11.2. The summed E-state index contributed by atoms with van der Waals surface area (Å²) in [7, 11) is 1.34. The zero-order valence-corrected chi connectivity index (χ0v) is 8.53. The zero-order valence-electron chi connectivity index (χ0n) is 8.53. The number of methoxy groups -OCH3 is 1. The lowest BCUT2D eigenvalue weighted by molar-refractivity contribution is -0.134. The van der Waals surface area contributed by atoms with E-state index in [1.807, 2.05) is 11.8 Å². The minimum absolute atomic E-state index is 0.0612. The number of carbonyl (C=O) groups excluding carboxylic acids is 2. The van der Waals surface area contributed by atoms with Crippen LogP contribution in [0.25, 0.3) is 0 Å². The highest BCUT2D eigenvalue weighted by atomic mass is 16.5. The van der Waals surface area contributed by atoms with Crippen LogP contribution in [0.15, 0.2) is 12.3 Å². The van der Waals surface area contributed by atoms with E-state index in [4.69, 9.17) is 0 Å². The molecule has 1 aliphatic rings. The molecule has 4 nitrogen and oxygen atoms in total. The third-order valence-electron chi connectivity index (χ3n) is 2.33. The lowest BCUT2D eigenvalue weighted by Gasteiger charge is -2.28. The quantitative estimate of drug-likeness (QED) is 0.480. The van der Waals surface area contributed by atoms with Gasteiger partial charge in [0.15, 0.2) is 0 Å². The molecule has 0 amide bonds. The Bertz CT molecular complexity index is 260. The summed E-state index contributed by atoms with van der Waals surface area (Å²) >= 11 is 0. The molecule has 1 heterocycles. The van der Waals surface area contributed by atoms with Crippen molar-refractivity contribution in [3.05, 3.63) is 12.3 Å². The van der Waals surface area contributed by atoms with Gasteiger partial charge in [-0.05, 0) is 0 Å². The Morgan fingerprint density at radius 1 is 1.64 bits per heavy atom. The first-order valence-corrected chi connectivity index (χ1v) is 4.66. The summed E-state index contributed by atoms with van der Waals surface area (Å²) in [4.78, 5) is 24.0. The number of hydrogen-bond acceptors (Lipinski definition) is 4. The molecule has 1 atom stereocenters. The highest BCUT2D eigenvalue weighted by Crippen LogP contribution is 2.12. The van der Waals surface area contributed by atoms with Gasteiger partial charge in [0.2, 0.25) is 0 Å². The number of carbonyl (C=O) groups is 2. The fourth-order valence-electron chi connectivity index (χ4n) is 1.41. The molecule has 1 rings (SSSR count). The maximum Gasteiger partial charge on any atom is 0.331 e. The first kappa shape index (κ1) is 10.8. The molecule has 0 aliphatic carbocycles. The molecule has 1 saturated heterocycles. The number of ketones is 1. The molecular formula is C10H15NO3. The lowest BCUT2D eigenvalue weighted by atomic mass is 9.99. The molecule has 1 fully saturated rings. The Balaban J connectivity index is 2.44. The summed E-state index contributed by atoms with van der Waals surface area (Å²) < 4.78 is 4.47. The first-order valence-electron chi connectivity index (χ1n) is 4.66. The van der Waals surface area contributed by atoms with Gasteiger partial charge in [0.1, 0.15) is 5.78 Å². The van der Waals surface area contributed by atoms with Crippen molar-refractivity contribution >= 4 is 11.8 Å². The van der Waals surface area contributed by atoms with E-state index in [9.17, 15) is 9.59 Å². The van der Waals surface area contributed by atoms with Gasteiger partial charge in [-0.25, -0.2) is 4.79 Å². The lowest BCUT2D eigenvalue weighted by Crippen LogP contribution is -2.36. The molecule has 0 spiro atoms. The fraction of sp³-hybridized carbons (Fsp3) is 0.600. The topological polar surface area (TPSA) is 46.6 Å². The molecule has 0 aromatic carbocycles. The Morgan fingerprint density at radius 3 is 2.93 bits per heavy atom. The van der Waals surface area contributed by atoms with Crippen LogP contribution in [0.3, 0.4) is 0 Å². The van der Waals surface area contributed by atoms with E-state index >= 15 is 0 Å². The third-order valence-corrected chi connectivity index (χ3v) is 2.33. The van der Waals surface area contributed by atoms with Crippen LogP contribution in [0.2, 0.25) is 0 Å². The molecule has 0 bridgehead atoms. The van der Waals surface area contributed by atoms with Crippen LogP contribution in [-0.2, 0) is 14.3 Å². The number of rotatable bonds is 2. The number of ether oxygens (including phenoxy) is 1. The molecule has 1 unspecified atom stereocenters. The van der Waals surface area contributed by atoms with Gasteiger partial charge in [0.05, 0.1) is 7.11 Å². The minimum atomic E-state index is -0.366. The summed E-state index contributed by atoms with van der Waals surface area (Å²) in [5.41, 5.74) is 0. The van der Waals surface area contributed by atoms with E-state index in [-0.39, 0.29) is 11.9 Å². The molecule has 0 aromatic rings. The van der Waals surface area contributed by atoms with Crippen LogP contribution in [0.5, 0.6) is 0 Å². The Morgan fingerprint density at radius 2 is 2.36 bits per heavy atom. The predicted octanol–water partition coefficient (Wildman–Crippen LogP) is 0.584. The van der Waals surface area contributed by atoms with Crippen molar-refractivity contribution in [1.29, 1.82) is 0 Å². The second-order valence-corrected chi connectivity index (χ2v) is 3.45. The second kappa shape index (κ2) is 4.79. The Kier molecular flexibility index (Phi) is 3.68. The van der Waals surface area contributed by atoms with Crippen molar-refractivity contribution in [1.82, 2.24) is 4.90 Å². The highest BCUT2D eigenvalue weighted by molar-refractivity contribution is 5.82. The zero-order chi connectivity index (χ0) is 10.6. The normalized spacial score (nSPS) is 22.9. The predicted molar refractivity (Wildman–Crippen MR) is 51.5 cm³/mol. The van der Waals surface area contributed by atoms with Crippen LogP contribution < -0.4 is 0 Å². The van der Waals surface area contributed by atoms with E-state index in [0.29, 0.717) is 25.3 Å². The number of esters is 1.